The Morgan fingerprint density at radius 1 is 0.583 bits per heavy atom. The van der Waals surface area contributed by atoms with Gasteiger partial charge in [0.05, 0.1) is 0 Å². The molecule has 0 saturated heterocycles. The Kier molecular flexibility index (Phi) is 29.3. The van der Waals surface area contributed by atoms with E-state index in [1.165, 1.54) is 0 Å². The molecule has 0 spiro atoms. The summed E-state index contributed by atoms with van der Waals surface area (Å²) in [6.45, 7) is 13.6. The van der Waals surface area contributed by atoms with Crippen molar-refractivity contribution in [1.29, 1.82) is 0 Å². The summed E-state index contributed by atoms with van der Waals surface area (Å²) in [6.07, 6.45) is 0. The summed E-state index contributed by atoms with van der Waals surface area (Å²) in [5.74, 6) is 4.72. The van der Waals surface area contributed by atoms with Gasteiger partial charge >= 0.3 is 37.4 Å². The minimum atomic E-state index is 0.120. The third-order valence-electron chi connectivity index (χ3n) is 0.250. The standard InChI is InChI=1S/2C3H9Si.C2H6Ge2/c2*1-4(2)3;1-3-4-2/h2*1-3H3;1-2H3. The first-order chi connectivity index (χ1) is 5.38. The Morgan fingerprint density at radius 2 is 0.667 bits per heavy atom. The summed E-state index contributed by atoms with van der Waals surface area (Å²) in [6, 6.07) is 0. The van der Waals surface area contributed by atoms with E-state index in [1.807, 2.05) is 0 Å². The molecule has 0 heterocycles. The van der Waals surface area contributed by atoms with Gasteiger partial charge in [-0.3, -0.25) is 0 Å². The van der Waals surface area contributed by atoms with Crippen molar-refractivity contribution in [2.24, 2.45) is 0 Å². The monoisotopic (exact) mass is 324 g/mol. The second-order valence-corrected chi connectivity index (χ2v) is 22.5. The zero-order valence-corrected chi connectivity index (χ0v) is 16.2. The molecule has 4 radical (unpaired) electrons. The van der Waals surface area contributed by atoms with Crippen molar-refractivity contribution in [2.45, 2.75) is 50.8 Å². The van der Waals surface area contributed by atoms with E-state index in [1.54, 1.807) is 0 Å². The van der Waals surface area contributed by atoms with Gasteiger partial charge in [0.2, 0.25) is 0 Å². The SMILES string of the molecule is C[Si](C)C.C[Si](C)C.[CH3][Ge]=[Ge][CH3]. The van der Waals surface area contributed by atoms with Gasteiger partial charge in [0.1, 0.15) is 0 Å². The molecule has 0 N–H and O–H groups in total. The summed E-state index contributed by atoms with van der Waals surface area (Å²) in [5, 5.41) is 0. The molecule has 0 bridgehead atoms. The molecule has 0 atom stereocenters. The molecule has 0 aliphatic carbocycles. The quantitative estimate of drug-likeness (QED) is 0.601. The first kappa shape index (κ1) is 19.1. The third-order valence-corrected chi connectivity index (χ3v) is 6.75. The fourth-order valence-corrected chi connectivity index (χ4v) is 0. The summed E-state index contributed by atoms with van der Waals surface area (Å²) >= 11 is 1.28. The zero-order valence-electron chi connectivity index (χ0n) is 10.0. The Labute approximate surface area is 93.8 Å². The molecule has 0 nitrogen and oxygen atoms in total. The van der Waals surface area contributed by atoms with E-state index in [2.05, 4.69) is 50.8 Å². The molecule has 0 fully saturated rings. The van der Waals surface area contributed by atoms with Gasteiger partial charge in [0, 0.05) is 17.6 Å². The van der Waals surface area contributed by atoms with E-state index < -0.39 is 0 Å². The van der Waals surface area contributed by atoms with Crippen LogP contribution in [0, 0.1) is 0 Å². The van der Waals surface area contributed by atoms with Crippen molar-refractivity contribution < 1.29 is 0 Å². The first-order valence-corrected chi connectivity index (χ1v) is 20.9. The van der Waals surface area contributed by atoms with E-state index >= 15 is 0 Å². The van der Waals surface area contributed by atoms with E-state index in [0.29, 0.717) is 25.8 Å². The molecule has 0 amide bonds. The maximum atomic E-state index is 2.36. The summed E-state index contributed by atoms with van der Waals surface area (Å²) in [7, 11) is 0.241. The van der Waals surface area contributed by atoms with Gasteiger partial charge in [-0.1, -0.05) is 39.3 Å². The van der Waals surface area contributed by atoms with Gasteiger partial charge < -0.3 is 0 Å². The van der Waals surface area contributed by atoms with Gasteiger partial charge in [-0.05, 0) is 0 Å². The molecule has 0 rings (SSSR count). The average molecular weight is 322 g/mol. The molecule has 0 aliphatic heterocycles. The number of rotatable bonds is 0. The zero-order chi connectivity index (χ0) is 10.6. The van der Waals surface area contributed by atoms with Crippen LogP contribution in [0.4, 0.5) is 0 Å². The Hall–Kier alpha value is 1.52. The minimum absolute atomic E-state index is 0.120. The van der Waals surface area contributed by atoms with Crippen LogP contribution in [0.15, 0.2) is 0 Å². The second-order valence-electron chi connectivity index (χ2n) is 3.50. The topological polar surface area (TPSA) is 0 Å². The number of hydrogen-bond acceptors (Lipinski definition) is 0. The van der Waals surface area contributed by atoms with Crippen LogP contribution in [-0.4, -0.2) is 43.4 Å². The summed E-state index contributed by atoms with van der Waals surface area (Å²) in [4.78, 5) is 0. The second kappa shape index (κ2) is 18.3. The van der Waals surface area contributed by atoms with Crippen LogP contribution < -0.4 is 0 Å². The first-order valence-electron chi connectivity index (χ1n) is 4.25. The van der Waals surface area contributed by atoms with Crippen LogP contribution in [0.25, 0.3) is 0 Å². The summed E-state index contributed by atoms with van der Waals surface area (Å²) < 4.78 is 0. The van der Waals surface area contributed by atoms with Crippen molar-refractivity contribution in [2.75, 3.05) is 0 Å². The van der Waals surface area contributed by atoms with Crippen molar-refractivity contribution >= 4 is 43.4 Å². The normalized spacial score (nSPS) is 9.17. The van der Waals surface area contributed by atoms with Gasteiger partial charge in [-0.25, -0.2) is 0 Å². The molecule has 0 aromatic heterocycles. The van der Waals surface area contributed by atoms with Crippen LogP contribution in [0.3, 0.4) is 0 Å². The molecule has 72 valence electrons. The van der Waals surface area contributed by atoms with E-state index in [0.717, 1.165) is 0 Å². The van der Waals surface area contributed by atoms with Crippen LogP contribution in [0.1, 0.15) is 0 Å². The molecule has 0 aromatic carbocycles. The van der Waals surface area contributed by atoms with Crippen molar-refractivity contribution in [3.63, 3.8) is 0 Å². The van der Waals surface area contributed by atoms with Crippen LogP contribution in [0.5, 0.6) is 0 Å². The van der Waals surface area contributed by atoms with Gasteiger partial charge in [-0.15, -0.1) is 0 Å². The van der Waals surface area contributed by atoms with Gasteiger partial charge in [-0.2, -0.15) is 0 Å². The predicted octanol–water partition coefficient (Wildman–Crippen LogP) is 3.15. The molecular formula is C8H24Ge2Si2. The van der Waals surface area contributed by atoms with Gasteiger partial charge in [0.15, 0.2) is 0 Å². The summed E-state index contributed by atoms with van der Waals surface area (Å²) in [5.41, 5.74) is 0. The predicted molar refractivity (Wildman–Crippen MR) is 69.9 cm³/mol. The van der Waals surface area contributed by atoms with Crippen LogP contribution in [0.2, 0.25) is 50.8 Å². The van der Waals surface area contributed by atoms with Crippen LogP contribution >= 0.6 is 0 Å². The average Bonchev–Trinajstić information content (AvgIpc) is 1.85. The van der Waals surface area contributed by atoms with Crippen molar-refractivity contribution in [1.82, 2.24) is 0 Å². The molecule has 0 aromatic rings. The molecule has 12 heavy (non-hydrogen) atoms. The van der Waals surface area contributed by atoms with E-state index in [9.17, 15) is 0 Å². The van der Waals surface area contributed by atoms with E-state index in [4.69, 9.17) is 0 Å². The fourth-order valence-electron chi connectivity index (χ4n) is 0. The van der Waals surface area contributed by atoms with Crippen molar-refractivity contribution in [3.05, 3.63) is 0 Å². The molecule has 0 aliphatic rings. The van der Waals surface area contributed by atoms with Gasteiger partial charge in [0.25, 0.3) is 0 Å². The van der Waals surface area contributed by atoms with Crippen LogP contribution in [-0.2, 0) is 0 Å². The van der Waals surface area contributed by atoms with Crippen molar-refractivity contribution in [3.8, 4) is 0 Å². The maximum absolute atomic E-state index is 2.36. The Balaban J connectivity index is -0.000000101. The van der Waals surface area contributed by atoms with E-state index in [-0.39, 0.29) is 17.6 Å². The Morgan fingerprint density at radius 3 is 0.667 bits per heavy atom. The Bertz CT molecular complexity index is 67.6. The molecule has 0 saturated carbocycles. The fraction of sp³-hybridized carbons (Fsp3) is 1.00. The third kappa shape index (κ3) is 201. The molecule has 4 heteroatoms. The molecular weight excluding hydrogens is 297 g/mol. The molecule has 0 unspecified atom stereocenters. The number of hydrogen-bond donors (Lipinski definition) is 0.